The van der Waals surface area contributed by atoms with Crippen LogP contribution in [0.25, 0.3) is 11.5 Å². The third-order valence-electron chi connectivity index (χ3n) is 4.04. The lowest BCUT2D eigenvalue weighted by Gasteiger charge is -2.23. The van der Waals surface area contributed by atoms with Crippen molar-refractivity contribution in [3.05, 3.63) is 66.1 Å². The van der Waals surface area contributed by atoms with Crippen LogP contribution in [0.3, 0.4) is 0 Å². The van der Waals surface area contributed by atoms with Crippen molar-refractivity contribution in [2.24, 2.45) is 5.92 Å². The summed E-state index contributed by atoms with van der Waals surface area (Å²) in [4.78, 5) is 12.3. The molecule has 126 valence electrons. The minimum absolute atomic E-state index is 0.0448. The van der Waals surface area contributed by atoms with Gasteiger partial charge in [-0.05, 0) is 30.2 Å². The number of nitrogens with zero attached hydrogens (tertiary/aromatic N) is 2. The highest BCUT2D eigenvalue weighted by Gasteiger charge is 2.27. The fraction of sp³-hybridized carbons (Fsp3) is 0.211. The van der Waals surface area contributed by atoms with E-state index in [0.29, 0.717) is 18.9 Å². The standard InChI is InChI=1S/C19H16N2O4/c22-19(15-10-14-8-4-5-9-16(14)23-11-15)24-12-17-20-21-18(25-17)13-6-2-1-3-7-13/h1-9,15H,10-12H2/t15-/m1/s1. The Labute approximate surface area is 144 Å². The summed E-state index contributed by atoms with van der Waals surface area (Å²) < 4.78 is 16.5. The molecule has 0 N–H and O–H groups in total. The molecule has 0 saturated heterocycles. The van der Waals surface area contributed by atoms with Crippen molar-refractivity contribution >= 4 is 5.97 Å². The summed E-state index contributed by atoms with van der Waals surface area (Å²) >= 11 is 0. The lowest BCUT2D eigenvalue weighted by molar-refractivity contribution is -0.152. The molecule has 0 unspecified atom stereocenters. The van der Waals surface area contributed by atoms with Crippen LogP contribution in [0.15, 0.2) is 59.0 Å². The van der Waals surface area contributed by atoms with Crippen LogP contribution in [-0.2, 0) is 22.6 Å². The molecule has 0 amide bonds. The molecule has 6 nitrogen and oxygen atoms in total. The highest BCUT2D eigenvalue weighted by atomic mass is 16.5. The maximum Gasteiger partial charge on any atom is 0.313 e. The average Bonchev–Trinajstić information content (AvgIpc) is 3.15. The normalized spacial score (nSPS) is 15.9. The van der Waals surface area contributed by atoms with E-state index < -0.39 is 0 Å². The molecule has 1 aromatic heterocycles. The zero-order valence-electron chi connectivity index (χ0n) is 13.4. The lowest BCUT2D eigenvalue weighted by Crippen LogP contribution is -2.29. The van der Waals surface area contributed by atoms with E-state index in [1.165, 1.54) is 0 Å². The minimum Gasteiger partial charge on any atom is -0.492 e. The zero-order valence-corrected chi connectivity index (χ0v) is 13.4. The molecule has 0 radical (unpaired) electrons. The van der Waals surface area contributed by atoms with Gasteiger partial charge in [-0.3, -0.25) is 4.79 Å². The lowest BCUT2D eigenvalue weighted by atomic mass is 9.97. The van der Waals surface area contributed by atoms with E-state index in [4.69, 9.17) is 13.9 Å². The fourth-order valence-corrected chi connectivity index (χ4v) is 2.74. The second-order valence-electron chi connectivity index (χ2n) is 5.79. The second-order valence-corrected chi connectivity index (χ2v) is 5.79. The molecule has 4 rings (SSSR count). The molecule has 1 aliphatic heterocycles. The molecule has 0 fully saturated rings. The summed E-state index contributed by atoms with van der Waals surface area (Å²) in [6.07, 6.45) is 0.605. The van der Waals surface area contributed by atoms with Crippen LogP contribution >= 0.6 is 0 Å². The number of hydrogen-bond acceptors (Lipinski definition) is 6. The Morgan fingerprint density at radius 2 is 1.88 bits per heavy atom. The Morgan fingerprint density at radius 1 is 1.08 bits per heavy atom. The first-order chi connectivity index (χ1) is 12.3. The molecule has 1 aliphatic rings. The predicted octanol–water partition coefficient (Wildman–Crippen LogP) is 3.03. The molecular weight excluding hydrogens is 320 g/mol. The number of rotatable bonds is 4. The first-order valence-corrected chi connectivity index (χ1v) is 8.05. The largest absolute Gasteiger partial charge is 0.492 e. The predicted molar refractivity (Wildman–Crippen MR) is 88.7 cm³/mol. The monoisotopic (exact) mass is 336 g/mol. The molecule has 0 spiro atoms. The molecule has 1 atom stereocenters. The van der Waals surface area contributed by atoms with Crippen molar-refractivity contribution in [1.29, 1.82) is 0 Å². The van der Waals surface area contributed by atoms with Gasteiger partial charge in [0.1, 0.15) is 12.4 Å². The van der Waals surface area contributed by atoms with Gasteiger partial charge in [0.25, 0.3) is 5.89 Å². The van der Waals surface area contributed by atoms with E-state index in [0.717, 1.165) is 16.9 Å². The molecule has 2 aromatic carbocycles. The van der Waals surface area contributed by atoms with Crippen molar-refractivity contribution < 1.29 is 18.7 Å². The average molecular weight is 336 g/mol. The molecule has 3 aromatic rings. The van der Waals surface area contributed by atoms with Crippen molar-refractivity contribution in [3.8, 4) is 17.2 Å². The van der Waals surface area contributed by atoms with Gasteiger partial charge in [-0.1, -0.05) is 36.4 Å². The van der Waals surface area contributed by atoms with Crippen LogP contribution in [0, 0.1) is 5.92 Å². The topological polar surface area (TPSA) is 74.5 Å². The summed E-state index contributed by atoms with van der Waals surface area (Å²) in [5, 5.41) is 7.89. The van der Waals surface area contributed by atoms with Crippen LogP contribution in [0.4, 0.5) is 0 Å². The molecular formula is C19H16N2O4. The Bertz CT molecular complexity index is 876. The van der Waals surface area contributed by atoms with Crippen molar-refractivity contribution in [3.63, 3.8) is 0 Å². The summed E-state index contributed by atoms with van der Waals surface area (Å²) in [5.74, 6) is 0.849. The summed E-state index contributed by atoms with van der Waals surface area (Å²) in [5.41, 5.74) is 1.84. The molecule has 0 aliphatic carbocycles. The maximum atomic E-state index is 12.3. The van der Waals surface area contributed by atoms with E-state index in [1.54, 1.807) is 0 Å². The first kappa shape index (κ1) is 15.4. The smallest absolute Gasteiger partial charge is 0.313 e. The van der Waals surface area contributed by atoms with Crippen molar-refractivity contribution in [2.45, 2.75) is 13.0 Å². The van der Waals surface area contributed by atoms with Crippen LogP contribution in [0.2, 0.25) is 0 Å². The van der Waals surface area contributed by atoms with Crippen molar-refractivity contribution in [2.75, 3.05) is 6.61 Å². The third-order valence-corrected chi connectivity index (χ3v) is 4.04. The Hall–Kier alpha value is -3.15. The number of hydrogen-bond donors (Lipinski definition) is 0. The third kappa shape index (κ3) is 3.38. The number of esters is 1. The Morgan fingerprint density at radius 3 is 2.76 bits per heavy atom. The van der Waals surface area contributed by atoms with Gasteiger partial charge in [0.15, 0.2) is 6.61 Å². The second kappa shape index (κ2) is 6.76. The number of benzene rings is 2. The highest BCUT2D eigenvalue weighted by molar-refractivity contribution is 5.73. The number of ether oxygens (including phenoxy) is 2. The van der Waals surface area contributed by atoms with Gasteiger partial charge in [-0.25, -0.2) is 0 Å². The molecule has 2 heterocycles. The molecule has 6 heteroatoms. The van der Waals surface area contributed by atoms with Gasteiger partial charge >= 0.3 is 5.97 Å². The number of carbonyl (C=O) groups is 1. The number of aromatic nitrogens is 2. The van der Waals surface area contributed by atoms with Crippen LogP contribution in [-0.4, -0.2) is 22.8 Å². The van der Waals surface area contributed by atoms with Crippen LogP contribution < -0.4 is 4.74 Å². The number of carbonyl (C=O) groups excluding carboxylic acids is 1. The van der Waals surface area contributed by atoms with E-state index in [9.17, 15) is 4.79 Å². The van der Waals surface area contributed by atoms with E-state index in [1.807, 2.05) is 54.6 Å². The maximum absolute atomic E-state index is 12.3. The minimum atomic E-state index is -0.327. The van der Waals surface area contributed by atoms with Crippen LogP contribution in [0.5, 0.6) is 5.75 Å². The Kier molecular flexibility index (Phi) is 4.16. The SMILES string of the molecule is O=C(OCc1nnc(-c2ccccc2)o1)[C@H]1COc2ccccc2C1. The van der Waals surface area contributed by atoms with Gasteiger partial charge in [-0.15, -0.1) is 10.2 Å². The Balaban J connectivity index is 1.36. The molecule has 0 saturated carbocycles. The van der Waals surface area contributed by atoms with Gasteiger partial charge in [0, 0.05) is 5.56 Å². The molecule has 0 bridgehead atoms. The van der Waals surface area contributed by atoms with Gasteiger partial charge < -0.3 is 13.9 Å². The van der Waals surface area contributed by atoms with E-state index in [2.05, 4.69) is 10.2 Å². The van der Waals surface area contributed by atoms with E-state index in [-0.39, 0.29) is 24.4 Å². The number of fused-ring (bicyclic) bond motifs is 1. The van der Waals surface area contributed by atoms with Crippen LogP contribution in [0.1, 0.15) is 11.5 Å². The van der Waals surface area contributed by atoms with Gasteiger partial charge in [-0.2, -0.15) is 0 Å². The molecule has 25 heavy (non-hydrogen) atoms. The summed E-state index contributed by atoms with van der Waals surface area (Å²) in [7, 11) is 0. The fourth-order valence-electron chi connectivity index (χ4n) is 2.74. The first-order valence-electron chi connectivity index (χ1n) is 8.05. The van der Waals surface area contributed by atoms with Crippen molar-refractivity contribution in [1.82, 2.24) is 10.2 Å². The van der Waals surface area contributed by atoms with Gasteiger partial charge in [0.2, 0.25) is 5.89 Å². The highest BCUT2D eigenvalue weighted by Crippen LogP contribution is 2.27. The summed E-state index contributed by atoms with van der Waals surface area (Å²) in [6.45, 7) is 0.270. The quantitative estimate of drug-likeness (QED) is 0.682. The zero-order chi connectivity index (χ0) is 17.1. The summed E-state index contributed by atoms with van der Waals surface area (Å²) in [6, 6.07) is 17.1. The van der Waals surface area contributed by atoms with E-state index >= 15 is 0 Å². The van der Waals surface area contributed by atoms with Gasteiger partial charge in [0.05, 0.1) is 5.92 Å². The number of para-hydroxylation sites is 1.